The van der Waals surface area contributed by atoms with Crippen molar-refractivity contribution in [3.8, 4) is 0 Å². The van der Waals surface area contributed by atoms with Crippen LogP contribution >= 0.6 is 0 Å². The van der Waals surface area contributed by atoms with Crippen molar-refractivity contribution in [3.05, 3.63) is 29.6 Å². The summed E-state index contributed by atoms with van der Waals surface area (Å²) in [6.45, 7) is 6.85. The molecule has 2 unspecified atom stereocenters. The van der Waals surface area contributed by atoms with Crippen LogP contribution in [0.5, 0.6) is 0 Å². The van der Waals surface area contributed by atoms with E-state index in [2.05, 4.69) is 13.8 Å². The SMILES string of the molecule is Cc1cc(F)ccc1S(=O)(=O)N1CC(C)CC(C)C1. The summed E-state index contributed by atoms with van der Waals surface area (Å²) in [5, 5.41) is 0. The highest BCUT2D eigenvalue weighted by Crippen LogP contribution is 2.28. The van der Waals surface area contributed by atoms with Crippen LogP contribution in [0.4, 0.5) is 4.39 Å². The average molecular weight is 285 g/mol. The zero-order valence-electron chi connectivity index (χ0n) is 11.6. The molecule has 0 spiro atoms. The second-order valence-electron chi connectivity index (χ2n) is 5.68. The van der Waals surface area contributed by atoms with Crippen molar-refractivity contribution in [1.82, 2.24) is 4.31 Å². The number of hydrogen-bond donors (Lipinski definition) is 0. The first-order chi connectivity index (χ1) is 8.80. The lowest BCUT2D eigenvalue weighted by Gasteiger charge is -2.34. The standard InChI is InChI=1S/C14H20FNO2S/c1-10-6-11(2)9-16(8-10)19(17,18)14-5-4-13(15)7-12(14)3/h4-5,7,10-11H,6,8-9H2,1-3H3. The Morgan fingerprint density at radius 2 is 1.79 bits per heavy atom. The summed E-state index contributed by atoms with van der Waals surface area (Å²) in [5.41, 5.74) is 0.464. The Morgan fingerprint density at radius 3 is 2.32 bits per heavy atom. The Balaban J connectivity index is 2.36. The van der Waals surface area contributed by atoms with Crippen LogP contribution < -0.4 is 0 Å². The topological polar surface area (TPSA) is 37.4 Å². The van der Waals surface area contributed by atoms with Gasteiger partial charge in [0.15, 0.2) is 0 Å². The molecule has 0 N–H and O–H groups in total. The molecule has 1 aliphatic rings. The van der Waals surface area contributed by atoms with Gasteiger partial charge in [0, 0.05) is 13.1 Å². The number of sulfonamides is 1. The van der Waals surface area contributed by atoms with Crippen LogP contribution in [0.2, 0.25) is 0 Å². The maximum absolute atomic E-state index is 13.1. The molecule has 19 heavy (non-hydrogen) atoms. The first-order valence-corrected chi connectivity index (χ1v) is 8.01. The minimum Gasteiger partial charge on any atom is -0.207 e. The van der Waals surface area contributed by atoms with E-state index in [0.717, 1.165) is 6.42 Å². The predicted molar refractivity (Wildman–Crippen MR) is 72.8 cm³/mol. The Morgan fingerprint density at radius 1 is 1.21 bits per heavy atom. The number of benzene rings is 1. The van der Waals surface area contributed by atoms with E-state index in [1.807, 2.05) is 0 Å². The van der Waals surface area contributed by atoms with E-state index in [0.29, 0.717) is 30.5 Å². The molecule has 1 heterocycles. The summed E-state index contributed by atoms with van der Waals surface area (Å²) < 4.78 is 39.9. The Hall–Kier alpha value is -0.940. The van der Waals surface area contributed by atoms with Crippen LogP contribution in [0.25, 0.3) is 0 Å². The minimum absolute atomic E-state index is 0.218. The predicted octanol–water partition coefficient (Wildman–Crippen LogP) is 2.80. The number of rotatable bonds is 2. The average Bonchev–Trinajstić information content (AvgIpc) is 2.26. The summed E-state index contributed by atoms with van der Waals surface area (Å²) in [6, 6.07) is 3.84. The molecule has 1 aromatic carbocycles. The zero-order valence-corrected chi connectivity index (χ0v) is 12.4. The molecule has 106 valence electrons. The number of aryl methyl sites for hydroxylation is 1. The molecule has 2 atom stereocenters. The van der Waals surface area contributed by atoms with Crippen LogP contribution in [0.15, 0.2) is 23.1 Å². The third kappa shape index (κ3) is 2.98. The number of hydrogen-bond acceptors (Lipinski definition) is 2. The maximum atomic E-state index is 13.1. The van der Waals surface area contributed by atoms with Gasteiger partial charge in [0.25, 0.3) is 0 Å². The van der Waals surface area contributed by atoms with Gasteiger partial charge in [0.05, 0.1) is 4.90 Å². The van der Waals surface area contributed by atoms with Crippen molar-refractivity contribution in [2.75, 3.05) is 13.1 Å². The Kier molecular flexibility index (Phi) is 3.97. The zero-order chi connectivity index (χ0) is 14.2. The molecule has 0 amide bonds. The van der Waals surface area contributed by atoms with E-state index in [1.165, 1.54) is 22.5 Å². The maximum Gasteiger partial charge on any atom is 0.243 e. The third-order valence-electron chi connectivity index (χ3n) is 3.59. The highest BCUT2D eigenvalue weighted by Gasteiger charge is 2.32. The van der Waals surface area contributed by atoms with Crippen molar-refractivity contribution < 1.29 is 12.8 Å². The highest BCUT2D eigenvalue weighted by atomic mass is 32.2. The van der Waals surface area contributed by atoms with Crippen molar-refractivity contribution in [2.45, 2.75) is 32.1 Å². The van der Waals surface area contributed by atoms with Gasteiger partial charge < -0.3 is 0 Å². The molecule has 1 fully saturated rings. The summed E-state index contributed by atoms with van der Waals surface area (Å²) in [4.78, 5) is 0.218. The van der Waals surface area contributed by atoms with Gasteiger partial charge in [-0.05, 0) is 48.9 Å². The quantitative estimate of drug-likeness (QED) is 0.838. The molecule has 2 rings (SSSR count). The molecule has 0 bridgehead atoms. The number of halogens is 1. The summed E-state index contributed by atoms with van der Waals surface area (Å²) in [5.74, 6) is 0.315. The first kappa shape index (κ1) is 14.5. The molecular weight excluding hydrogens is 265 g/mol. The van der Waals surface area contributed by atoms with Gasteiger partial charge in [0.2, 0.25) is 10.0 Å². The van der Waals surface area contributed by atoms with Gasteiger partial charge in [-0.25, -0.2) is 12.8 Å². The molecule has 3 nitrogen and oxygen atoms in total. The smallest absolute Gasteiger partial charge is 0.207 e. The lowest BCUT2D eigenvalue weighted by Crippen LogP contribution is -2.42. The van der Waals surface area contributed by atoms with E-state index in [1.54, 1.807) is 6.92 Å². The van der Waals surface area contributed by atoms with Crippen LogP contribution in [-0.4, -0.2) is 25.8 Å². The lowest BCUT2D eigenvalue weighted by atomic mass is 9.94. The molecule has 0 aromatic heterocycles. The van der Waals surface area contributed by atoms with E-state index in [4.69, 9.17) is 0 Å². The largest absolute Gasteiger partial charge is 0.243 e. The third-order valence-corrected chi connectivity index (χ3v) is 5.58. The van der Waals surface area contributed by atoms with E-state index in [9.17, 15) is 12.8 Å². The van der Waals surface area contributed by atoms with Crippen LogP contribution in [-0.2, 0) is 10.0 Å². The molecule has 0 radical (unpaired) electrons. The van der Waals surface area contributed by atoms with E-state index < -0.39 is 15.8 Å². The molecule has 1 aromatic rings. The molecular formula is C14H20FNO2S. The monoisotopic (exact) mass is 285 g/mol. The van der Waals surface area contributed by atoms with Crippen LogP contribution in [0.3, 0.4) is 0 Å². The summed E-state index contributed by atoms with van der Waals surface area (Å²) in [6.07, 6.45) is 1.05. The number of piperidine rings is 1. The number of nitrogens with zero attached hydrogens (tertiary/aromatic N) is 1. The van der Waals surface area contributed by atoms with E-state index >= 15 is 0 Å². The molecule has 5 heteroatoms. The van der Waals surface area contributed by atoms with Gasteiger partial charge in [-0.3, -0.25) is 0 Å². The van der Waals surface area contributed by atoms with Gasteiger partial charge >= 0.3 is 0 Å². The van der Waals surface area contributed by atoms with Crippen molar-refractivity contribution in [3.63, 3.8) is 0 Å². The minimum atomic E-state index is -3.51. The van der Waals surface area contributed by atoms with Gasteiger partial charge in [-0.15, -0.1) is 0 Å². The van der Waals surface area contributed by atoms with Crippen LogP contribution in [0.1, 0.15) is 25.8 Å². The summed E-state index contributed by atoms with van der Waals surface area (Å²) >= 11 is 0. The fraction of sp³-hybridized carbons (Fsp3) is 0.571. The van der Waals surface area contributed by atoms with Crippen molar-refractivity contribution >= 4 is 10.0 Å². The highest BCUT2D eigenvalue weighted by molar-refractivity contribution is 7.89. The fourth-order valence-electron chi connectivity index (χ4n) is 2.84. The molecule has 1 aliphatic heterocycles. The first-order valence-electron chi connectivity index (χ1n) is 6.57. The fourth-order valence-corrected chi connectivity index (χ4v) is 4.73. The second kappa shape index (κ2) is 5.21. The molecule has 1 saturated heterocycles. The van der Waals surface area contributed by atoms with Gasteiger partial charge in [-0.1, -0.05) is 13.8 Å². The normalized spacial score (nSPS) is 25.5. The Labute approximate surface area is 114 Å². The summed E-state index contributed by atoms with van der Waals surface area (Å²) in [7, 11) is -3.51. The Bertz CT molecular complexity index is 561. The molecule has 0 aliphatic carbocycles. The van der Waals surface area contributed by atoms with Crippen LogP contribution in [0, 0.1) is 24.6 Å². The van der Waals surface area contributed by atoms with Gasteiger partial charge in [0.1, 0.15) is 5.82 Å². The van der Waals surface area contributed by atoms with Gasteiger partial charge in [-0.2, -0.15) is 4.31 Å². The van der Waals surface area contributed by atoms with Crippen molar-refractivity contribution in [2.24, 2.45) is 11.8 Å². The van der Waals surface area contributed by atoms with E-state index in [-0.39, 0.29) is 4.90 Å². The lowest BCUT2D eigenvalue weighted by molar-refractivity contribution is 0.222. The molecule has 0 saturated carbocycles. The van der Waals surface area contributed by atoms with Crippen molar-refractivity contribution in [1.29, 1.82) is 0 Å². The second-order valence-corrected chi connectivity index (χ2v) is 7.58.